The van der Waals surface area contributed by atoms with E-state index in [1.165, 1.54) is 6.07 Å². The first kappa shape index (κ1) is 20.0. The van der Waals surface area contributed by atoms with E-state index >= 15 is 0 Å². The van der Waals surface area contributed by atoms with Crippen molar-refractivity contribution in [2.24, 2.45) is 0 Å². The summed E-state index contributed by atoms with van der Waals surface area (Å²) in [6.07, 6.45) is 0. The molecule has 0 aliphatic heterocycles. The van der Waals surface area contributed by atoms with E-state index in [4.69, 9.17) is 4.74 Å². The van der Waals surface area contributed by atoms with E-state index in [0.717, 1.165) is 16.2 Å². The van der Waals surface area contributed by atoms with Crippen LogP contribution in [0.2, 0.25) is 0 Å². The van der Waals surface area contributed by atoms with Gasteiger partial charge in [-0.15, -0.1) is 23.7 Å². The Bertz CT molecular complexity index is 433. The Morgan fingerprint density at radius 1 is 1.38 bits per heavy atom. The third-order valence-electron chi connectivity index (χ3n) is 2.31. The molecule has 21 heavy (non-hydrogen) atoms. The van der Waals surface area contributed by atoms with Gasteiger partial charge in [-0.25, -0.2) is 0 Å². The van der Waals surface area contributed by atoms with Crippen LogP contribution < -0.4 is 15.4 Å². The quantitative estimate of drug-likeness (QED) is 0.673. The van der Waals surface area contributed by atoms with Crippen LogP contribution in [0.3, 0.4) is 0 Å². The number of halogens is 3. The average Bonchev–Trinajstić information content (AvgIpc) is 2.73. The molecule has 1 rings (SSSR count). The van der Waals surface area contributed by atoms with Gasteiger partial charge in [0.05, 0.1) is 6.61 Å². The molecule has 0 aromatic carbocycles. The number of nitrogens with one attached hydrogen (secondary N) is 2. The molecule has 1 aromatic heterocycles. The smallest absolute Gasteiger partial charge is 0.387 e. The van der Waals surface area contributed by atoms with E-state index in [9.17, 15) is 13.6 Å². The second-order valence-corrected chi connectivity index (χ2v) is 5.18. The van der Waals surface area contributed by atoms with Gasteiger partial charge in [0.2, 0.25) is 0 Å². The van der Waals surface area contributed by atoms with Crippen molar-refractivity contribution in [3.8, 4) is 5.75 Å². The minimum atomic E-state index is -2.94. The van der Waals surface area contributed by atoms with Crippen molar-refractivity contribution >= 4 is 29.7 Å². The van der Waals surface area contributed by atoms with Gasteiger partial charge in [0.15, 0.2) is 0 Å². The molecular formula is C12H19ClF2N2O3S. The molecule has 0 spiro atoms. The van der Waals surface area contributed by atoms with Crippen LogP contribution in [0, 0.1) is 6.92 Å². The maximum absolute atomic E-state index is 12.2. The number of carbonyl (C=O) groups is 1. The summed E-state index contributed by atoms with van der Waals surface area (Å²) in [6, 6.07) is 1.43. The second-order valence-electron chi connectivity index (χ2n) is 3.93. The molecule has 0 aliphatic rings. The zero-order valence-electron chi connectivity index (χ0n) is 11.8. The molecule has 0 bridgehead atoms. The van der Waals surface area contributed by atoms with Crippen LogP contribution in [-0.2, 0) is 4.74 Å². The van der Waals surface area contributed by atoms with E-state index in [1.54, 1.807) is 14.0 Å². The summed E-state index contributed by atoms with van der Waals surface area (Å²) in [6.45, 7) is 1.03. The molecule has 1 aromatic rings. The van der Waals surface area contributed by atoms with Crippen LogP contribution in [-0.4, -0.2) is 45.9 Å². The molecule has 0 radical (unpaired) electrons. The third kappa shape index (κ3) is 7.56. The van der Waals surface area contributed by atoms with Crippen molar-refractivity contribution in [1.29, 1.82) is 0 Å². The maximum atomic E-state index is 12.2. The number of thiophene rings is 1. The molecular weight excluding hydrogens is 326 g/mol. The van der Waals surface area contributed by atoms with E-state index in [-0.39, 0.29) is 23.0 Å². The van der Waals surface area contributed by atoms with Crippen LogP contribution in [0.1, 0.15) is 14.5 Å². The molecule has 1 heterocycles. The number of hydrogen-bond donors (Lipinski definition) is 2. The first-order chi connectivity index (χ1) is 9.54. The van der Waals surface area contributed by atoms with Crippen molar-refractivity contribution < 1.29 is 23.0 Å². The van der Waals surface area contributed by atoms with Gasteiger partial charge >= 0.3 is 6.61 Å². The molecule has 5 nitrogen and oxygen atoms in total. The number of alkyl halides is 2. The SMILES string of the molecule is COCCNCCNC(=O)c1sc(C)cc1OC(F)F.Cl. The number of ether oxygens (including phenoxy) is 2. The lowest BCUT2D eigenvalue weighted by atomic mass is 10.3. The number of amides is 1. The number of methoxy groups -OCH3 is 1. The first-order valence-electron chi connectivity index (χ1n) is 6.07. The van der Waals surface area contributed by atoms with Gasteiger partial charge in [0.25, 0.3) is 5.91 Å². The standard InChI is InChI=1S/C12H18F2N2O3S.ClH/c1-8-7-9(19-12(13)14)10(20-8)11(17)16-4-3-15-5-6-18-2;/h7,12,15H,3-6H2,1-2H3,(H,16,17);1H. The van der Waals surface area contributed by atoms with Gasteiger partial charge in [0.1, 0.15) is 10.6 Å². The minimum Gasteiger partial charge on any atom is -0.433 e. The first-order valence-corrected chi connectivity index (χ1v) is 6.89. The molecule has 0 atom stereocenters. The summed E-state index contributed by atoms with van der Waals surface area (Å²) < 4.78 is 33.6. The summed E-state index contributed by atoms with van der Waals surface area (Å²) in [5.74, 6) is -0.486. The van der Waals surface area contributed by atoms with Crippen molar-refractivity contribution in [3.63, 3.8) is 0 Å². The highest BCUT2D eigenvalue weighted by Crippen LogP contribution is 2.29. The van der Waals surface area contributed by atoms with E-state index < -0.39 is 12.5 Å². The molecule has 0 saturated carbocycles. The normalized spacial score (nSPS) is 10.3. The Morgan fingerprint density at radius 2 is 2.10 bits per heavy atom. The van der Waals surface area contributed by atoms with Crippen molar-refractivity contribution in [1.82, 2.24) is 10.6 Å². The number of rotatable bonds is 9. The Hall–Kier alpha value is -0.960. The lowest BCUT2D eigenvalue weighted by Gasteiger charge is -2.07. The number of aryl methyl sites for hydroxylation is 1. The Morgan fingerprint density at radius 3 is 2.71 bits per heavy atom. The summed E-state index contributed by atoms with van der Waals surface area (Å²) >= 11 is 1.13. The maximum Gasteiger partial charge on any atom is 0.387 e. The van der Waals surface area contributed by atoms with Crippen molar-refractivity contribution in [2.75, 3.05) is 33.4 Å². The number of carbonyl (C=O) groups excluding carboxylic acids is 1. The predicted octanol–water partition coefficient (Wildman–Crippen LogP) is 2.05. The van der Waals surface area contributed by atoms with Gasteiger partial charge in [-0.3, -0.25) is 4.79 Å². The van der Waals surface area contributed by atoms with E-state index in [1.807, 2.05) is 0 Å². The Labute approximate surface area is 132 Å². The molecule has 0 aliphatic carbocycles. The molecule has 9 heteroatoms. The summed E-state index contributed by atoms with van der Waals surface area (Å²) in [5, 5.41) is 5.70. The average molecular weight is 345 g/mol. The molecule has 122 valence electrons. The lowest BCUT2D eigenvalue weighted by Crippen LogP contribution is -2.32. The third-order valence-corrected chi connectivity index (χ3v) is 3.34. The van der Waals surface area contributed by atoms with E-state index in [0.29, 0.717) is 26.2 Å². The largest absolute Gasteiger partial charge is 0.433 e. The molecule has 1 amide bonds. The zero-order valence-corrected chi connectivity index (χ0v) is 13.4. The summed E-state index contributed by atoms with van der Waals surface area (Å²) in [4.78, 5) is 12.8. The zero-order chi connectivity index (χ0) is 15.0. The van der Waals surface area contributed by atoms with E-state index in [2.05, 4.69) is 15.4 Å². The van der Waals surface area contributed by atoms with Gasteiger partial charge in [-0.2, -0.15) is 8.78 Å². The minimum absolute atomic E-state index is 0. The fourth-order valence-electron chi connectivity index (χ4n) is 1.48. The number of hydrogen-bond acceptors (Lipinski definition) is 5. The summed E-state index contributed by atoms with van der Waals surface area (Å²) in [7, 11) is 1.60. The van der Waals surface area contributed by atoms with Gasteiger partial charge in [0, 0.05) is 31.6 Å². The molecule has 0 saturated heterocycles. The van der Waals surface area contributed by atoms with Crippen LogP contribution >= 0.6 is 23.7 Å². The van der Waals surface area contributed by atoms with Gasteiger partial charge in [-0.05, 0) is 13.0 Å². The monoisotopic (exact) mass is 344 g/mol. The molecule has 0 unspecified atom stereocenters. The van der Waals surface area contributed by atoms with Crippen LogP contribution in [0.15, 0.2) is 6.07 Å². The highest BCUT2D eigenvalue weighted by atomic mass is 35.5. The van der Waals surface area contributed by atoms with Gasteiger partial charge in [-0.1, -0.05) is 0 Å². The fraction of sp³-hybridized carbons (Fsp3) is 0.583. The van der Waals surface area contributed by atoms with Gasteiger partial charge < -0.3 is 20.1 Å². The Balaban J connectivity index is 0.00000400. The fourth-order valence-corrected chi connectivity index (χ4v) is 2.34. The highest BCUT2D eigenvalue weighted by Gasteiger charge is 2.18. The van der Waals surface area contributed by atoms with Crippen LogP contribution in [0.5, 0.6) is 5.75 Å². The highest BCUT2D eigenvalue weighted by molar-refractivity contribution is 7.14. The molecule has 0 fully saturated rings. The topological polar surface area (TPSA) is 59.6 Å². The van der Waals surface area contributed by atoms with Crippen molar-refractivity contribution in [2.45, 2.75) is 13.5 Å². The summed E-state index contributed by atoms with van der Waals surface area (Å²) in [5.41, 5.74) is 0. The Kier molecular flexibility index (Phi) is 10.2. The van der Waals surface area contributed by atoms with Crippen LogP contribution in [0.4, 0.5) is 8.78 Å². The predicted molar refractivity (Wildman–Crippen MR) is 80.0 cm³/mol. The lowest BCUT2D eigenvalue weighted by molar-refractivity contribution is -0.0498. The molecule has 2 N–H and O–H groups in total. The second kappa shape index (κ2) is 10.7. The van der Waals surface area contributed by atoms with Crippen LogP contribution in [0.25, 0.3) is 0 Å². The van der Waals surface area contributed by atoms with Crippen molar-refractivity contribution in [3.05, 3.63) is 15.8 Å².